The highest BCUT2D eigenvalue weighted by atomic mass is 35.5. The highest BCUT2D eigenvalue weighted by Crippen LogP contribution is 2.21. The van der Waals surface area contributed by atoms with E-state index in [1.54, 1.807) is 4.68 Å². The molecule has 0 aliphatic heterocycles. The van der Waals surface area contributed by atoms with E-state index in [4.69, 9.17) is 16.7 Å². The van der Waals surface area contributed by atoms with Crippen LogP contribution < -0.4 is 0 Å². The van der Waals surface area contributed by atoms with E-state index in [-0.39, 0.29) is 6.61 Å². The van der Waals surface area contributed by atoms with Gasteiger partial charge >= 0.3 is 0 Å². The molecule has 1 aromatic heterocycles. The van der Waals surface area contributed by atoms with E-state index < -0.39 is 0 Å². The number of aliphatic hydroxyl groups is 1. The second-order valence-electron chi connectivity index (χ2n) is 2.94. The molecule has 0 aliphatic rings. The third-order valence-electron chi connectivity index (χ3n) is 2.01. The molecule has 0 amide bonds. The molecule has 1 N–H and O–H groups in total. The molecule has 0 spiro atoms. The molecular formula is C9H15ClN2O. The topological polar surface area (TPSA) is 38.0 Å². The second kappa shape index (κ2) is 4.63. The average Bonchev–Trinajstić information content (AvgIpc) is 2.43. The van der Waals surface area contributed by atoms with Crippen molar-refractivity contribution in [1.29, 1.82) is 0 Å². The summed E-state index contributed by atoms with van der Waals surface area (Å²) >= 11 is 6.01. The summed E-state index contributed by atoms with van der Waals surface area (Å²) in [6.45, 7) is 4.79. The molecule has 0 aromatic carbocycles. The van der Waals surface area contributed by atoms with Crippen LogP contribution in [0.25, 0.3) is 0 Å². The zero-order chi connectivity index (χ0) is 9.84. The summed E-state index contributed by atoms with van der Waals surface area (Å²) in [5, 5.41) is 14.0. The Morgan fingerprint density at radius 1 is 1.46 bits per heavy atom. The largest absolute Gasteiger partial charge is 0.391 e. The van der Waals surface area contributed by atoms with Crippen molar-refractivity contribution in [2.75, 3.05) is 0 Å². The zero-order valence-corrected chi connectivity index (χ0v) is 8.80. The van der Waals surface area contributed by atoms with Crippen molar-refractivity contribution in [1.82, 2.24) is 9.78 Å². The van der Waals surface area contributed by atoms with Crippen LogP contribution in [0.15, 0.2) is 0 Å². The van der Waals surface area contributed by atoms with E-state index >= 15 is 0 Å². The maximum Gasteiger partial charge on any atom is 0.132 e. The SMILES string of the molecule is CCCc1nn(CC)c(Cl)c1CO. The predicted octanol–water partition coefficient (Wildman–Crippen LogP) is 2.00. The van der Waals surface area contributed by atoms with Crippen molar-refractivity contribution in [3.05, 3.63) is 16.4 Å². The van der Waals surface area contributed by atoms with E-state index in [9.17, 15) is 0 Å². The number of aryl methyl sites for hydroxylation is 2. The molecule has 0 fully saturated rings. The Hall–Kier alpha value is -0.540. The summed E-state index contributed by atoms with van der Waals surface area (Å²) in [6.07, 6.45) is 1.90. The van der Waals surface area contributed by atoms with Crippen LogP contribution in [0.5, 0.6) is 0 Å². The Labute approximate surface area is 83.3 Å². The van der Waals surface area contributed by atoms with Crippen LogP contribution in [0.3, 0.4) is 0 Å². The summed E-state index contributed by atoms with van der Waals surface area (Å²) in [5.41, 5.74) is 1.71. The van der Waals surface area contributed by atoms with Gasteiger partial charge in [-0.15, -0.1) is 0 Å². The first-order chi connectivity index (χ1) is 6.24. The van der Waals surface area contributed by atoms with Crippen molar-refractivity contribution < 1.29 is 5.11 Å². The molecule has 13 heavy (non-hydrogen) atoms. The van der Waals surface area contributed by atoms with Gasteiger partial charge in [-0.1, -0.05) is 24.9 Å². The van der Waals surface area contributed by atoms with Gasteiger partial charge in [0.25, 0.3) is 0 Å². The molecule has 1 aromatic rings. The van der Waals surface area contributed by atoms with Gasteiger partial charge in [0.15, 0.2) is 0 Å². The van der Waals surface area contributed by atoms with Crippen LogP contribution in [0.2, 0.25) is 5.15 Å². The van der Waals surface area contributed by atoms with Crippen LogP contribution >= 0.6 is 11.6 Å². The molecule has 1 heterocycles. The second-order valence-corrected chi connectivity index (χ2v) is 3.30. The van der Waals surface area contributed by atoms with Gasteiger partial charge in [0, 0.05) is 12.1 Å². The lowest BCUT2D eigenvalue weighted by Crippen LogP contribution is -1.96. The van der Waals surface area contributed by atoms with E-state index in [0.29, 0.717) is 5.15 Å². The Bertz CT molecular complexity index is 283. The minimum atomic E-state index is -0.0197. The van der Waals surface area contributed by atoms with Crippen LogP contribution in [0.1, 0.15) is 31.5 Å². The summed E-state index contributed by atoms with van der Waals surface area (Å²) < 4.78 is 1.72. The van der Waals surface area contributed by atoms with E-state index in [1.165, 1.54) is 0 Å². The normalized spacial score (nSPS) is 10.8. The average molecular weight is 203 g/mol. The van der Waals surface area contributed by atoms with Crippen LogP contribution in [0.4, 0.5) is 0 Å². The Kier molecular flexibility index (Phi) is 3.75. The molecule has 1 rings (SSSR count). The minimum Gasteiger partial charge on any atom is -0.391 e. The lowest BCUT2D eigenvalue weighted by molar-refractivity contribution is 0.280. The first kappa shape index (κ1) is 10.5. The summed E-state index contributed by atoms with van der Waals surface area (Å²) in [6, 6.07) is 0. The van der Waals surface area contributed by atoms with Crippen molar-refractivity contribution in [2.45, 2.75) is 39.8 Å². The fraction of sp³-hybridized carbons (Fsp3) is 0.667. The minimum absolute atomic E-state index is 0.0197. The van der Waals surface area contributed by atoms with Gasteiger partial charge in [-0.2, -0.15) is 5.10 Å². The van der Waals surface area contributed by atoms with Crippen LogP contribution in [-0.2, 0) is 19.6 Å². The molecule has 74 valence electrons. The van der Waals surface area contributed by atoms with Crippen LogP contribution in [-0.4, -0.2) is 14.9 Å². The zero-order valence-electron chi connectivity index (χ0n) is 8.05. The lowest BCUT2D eigenvalue weighted by atomic mass is 10.2. The van der Waals surface area contributed by atoms with Gasteiger partial charge in [-0.05, 0) is 13.3 Å². The van der Waals surface area contributed by atoms with Gasteiger partial charge in [-0.25, -0.2) is 0 Å². The third kappa shape index (κ3) is 2.03. The number of aliphatic hydroxyl groups excluding tert-OH is 1. The third-order valence-corrected chi connectivity index (χ3v) is 2.43. The standard InChI is InChI=1S/C9H15ClN2O/c1-3-5-8-7(6-13)9(10)12(4-2)11-8/h13H,3-6H2,1-2H3. The molecule has 0 unspecified atom stereocenters. The number of hydrogen-bond acceptors (Lipinski definition) is 2. The smallest absolute Gasteiger partial charge is 0.132 e. The molecule has 4 heteroatoms. The van der Waals surface area contributed by atoms with Gasteiger partial charge in [-0.3, -0.25) is 4.68 Å². The quantitative estimate of drug-likeness (QED) is 0.811. The molecular weight excluding hydrogens is 188 g/mol. The Balaban J connectivity index is 3.04. The molecule has 0 saturated carbocycles. The molecule has 3 nitrogen and oxygen atoms in total. The summed E-state index contributed by atoms with van der Waals surface area (Å²) in [5.74, 6) is 0. The van der Waals surface area contributed by atoms with Gasteiger partial charge < -0.3 is 5.11 Å². The molecule has 0 saturated heterocycles. The van der Waals surface area contributed by atoms with Crippen molar-refractivity contribution in [3.63, 3.8) is 0 Å². The van der Waals surface area contributed by atoms with Gasteiger partial charge in [0.1, 0.15) is 5.15 Å². The number of halogens is 1. The molecule has 0 aliphatic carbocycles. The highest BCUT2D eigenvalue weighted by molar-refractivity contribution is 6.30. The first-order valence-electron chi connectivity index (χ1n) is 4.59. The van der Waals surface area contributed by atoms with Crippen molar-refractivity contribution in [2.24, 2.45) is 0 Å². The van der Waals surface area contributed by atoms with E-state index in [1.807, 2.05) is 6.92 Å². The molecule has 0 radical (unpaired) electrons. The van der Waals surface area contributed by atoms with Crippen molar-refractivity contribution in [3.8, 4) is 0 Å². The highest BCUT2D eigenvalue weighted by Gasteiger charge is 2.13. The summed E-state index contributed by atoms with van der Waals surface area (Å²) in [4.78, 5) is 0. The molecule has 0 atom stereocenters. The maximum atomic E-state index is 9.10. The monoisotopic (exact) mass is 202 g/mol. The van der Waals surface area contributed by atoms with Crippen LogP contribution in [0, 0.1) is 0 Å². The number of hydrogen-bond donors (Lipinski definition) is 1. The lowest BCUT2D eigenvalue weighted by Gasteiger charge is -1.96. The van der Waals surface area contributed by atoms with Gasteiger partial charge in [0.05, 0.1) is 12.3 Å². The fourth-order valence-corrected chi connectivity index (χ4v) is 1.65. The Morgan fingerprint density at radius 2 is 2.15 bits per heavy atom. The fourth-order valence-electron chi connectivity index (χ4n) is 1.33. The van der Waals surface area contributed by atoms with Crippen molar-refractivity contribution >= 4 is 11.6 Å². The number of aromatic nitrogens is 2. The van der Waals surface area contributed by atoms with E-state index in [2.05, 4.69) is 12.0 Å². The number of rotatable bonds is 4. The maximum absolute atomic E-state index is 9.10. The van der Waals surface area contributed by atoms with E-state index in [0.717, 1.165) is 30.6 Å². The Morgan fingerprint density at radius 3 is 2.62 bits per heavy atom. The molecule has 0 bridgehead atoms. The number of nitrogens with zero attached hydrogens (tertiary/aromatic N) is 2. The summed E-state index contributed by atoms with van der Waals surface area (Å²) in [7, 11) is 0. The first-order valence-corrected chi connectivity index (χ1v) is 4.97. The predicted molar refractivity (Wildman–Crippen MR) is 52.8 cm³/mol. The van der Waals surface area contributed by atoms with Gasteiger partial charge in [0.2, 0.25) is 0 Å².